The van der Waals surface area contributed by atoms with Crippen molar-refractivity contribution in [1.82, 2.24) is 5.06 Å². The number of nitrogens with zero attached hydrogens (tertiary/aromatic N) is 1. The Morgan fingerprint density at radius 3 is 1.81 bits per heavy atom. The van der Waals surface area contributed by atoms with Crippen molar-refractivity contribution in [3.05, 3.63) is 108 Å². The lowest BCUT2D eigenvalue weighted by Gasteiger charge is -2.29. The third kappa shape index (κ3) is 1.78. The molecule has 1 saturated carbocycles. The molecule has 0 radical (unpaired) electrons. The smallest absolute Gasteiger partial charge is 0.130 e. The van der Waals surface area contributed by atoms with Gasteiger partial charge in [0, 0.05) is 13.0 Å². The van der Waals surface area contributed by atoms with Crippen molar-refractivity contribution >= 4 is 0 Å². The molecule has 1 aliphatic heterocycles. The molecular formula is C24H23NO. The van der Waals surface area contributed by atoms with Crippen LogP contribution in [0.3, 0.4) is 0 Å². The predicted molar refractivity (Wildman–Crippen MR) is 103 cm³/mol. The molecule has 1 saturated heterocycles. The van der Waals surface area contributed by atoms with Crippen molar-refractivity contribution in [1.29, 1.82) is 0 Å². The van der Waals surface area contributed by atoms with E-state index in [1.54, 1.807) is 0 Å². The molecule has 0 bridgehead atoms. The van der Waals surface area contributed by atoms with E-state index in [9.17, 15) is 0 Å². The third-order valence-corrected chi connectivity index (χ3v) is 6.48. The Hall–Kier alpha value is -2.42. The van der Waals surface area contributed by atoms with Crippen LogP contribution >= 0.6 is 0 Å². The first-order chi connectivity index (χ1) is 12.7. The Labute approximate surface area is 155 Å². The van der Waals surface area contributed by atoms with Gasteiger partial charge in [-0.3, -0.25) is 4.84 Å². The molecule has 2 nitrogen and oxygen atoms in total. The molecule has 130 valence electrons. The molecule has 0 aromatic heterocycles. The van der Waals surface area contributed by atoms with Gasteiger partial charge in [0.15, 0.2) is 0 Å². The molecule has 1 heterocycles. The molecule has 0 N–H and O–H groups in total. The van der Waals surface area contributed by atoms with E-state index in [2.05, 4.69) is 110 Å². The van der Waals surface area contributed by atoms with Crippen LogP contribution in [0.4, 0.5) is 0 Å². The number of fused-ring (bicyclic) bond motifs is 1. The average molecular weight is 341 g/mol. The van der Waals surface area contributed by atoms with Crippen molar-refractivity contribution in [3.63, 3.8) is 0 Å². The van der Waals surface area contributed by atoms with Gasteiger partial charge < -0.3 is 0 Å². The Morgan fingerprint density at radius 1 is 0.731 bits per heavy atom. The molecular weight excluding hydrogens is 318 g/mol. The molecule has 5 rings (SSSR count). The summed E-state index contributed by atoms with van der Waals surface area (Å²) in [6.07, 6.45) is 0. The van der Waals surface area contributed by atoms with Crippen LogP contribution in [-0.2, 0) is 15.9 Å². The van der Waals surface area contributed by atoms with Gasteiger partial charge in [0.25, 0.3) is 0 Å². The van der Waals surface area contributed by atoms with Crippen LogP contribution < -0.4 is 0 Å². The van der Waals surface area contributed by atoms with Gasteiger partial charge in [0.1, 0.15) is 5.60 Å². The molecule has 0 unspecified atom stereocenters. The van der Waals surface area contributed by atoms with Crippen LogP contribution in [0.5, 0.6) is 0 Å². The van der Waals surface area contributed by atoms with Gasteiger partial charge in [-0.2, -0.15) is 5.06 Å². The molecule has 0 spiro atoms. The van der Waals surface area contributed by atoms with Gasteiger partial charge in [-0.15, -0.1) is 0 Å². The predicted octanol–water partition coefficient (Wildman–Crippen LogP) is 5.09. The van der Waals surface area contributed by atoms with Gasteiger partial charge in [-0.05, 0) is 16.7 Å². The lowest BCUT2D eigenvalue weighted by atomic mass is 9.79. The van der Waals surface area contributed by atoms with Crippen molar-refractivity contribution in [2.45, 2.75) is 24.0 Å². The molecule has 3 aromatic rings. The summed E-state index contributed by atoms with van der Waals surface area (Å²) in [6.45, 7) is 2.34. The zero-order chi connectivity index (χ0) is 17.8. The number of rotatable bonds is 3. The van der Waals surface area contributed by atoms with Crippen LogP contribution in [0, 0.1) is 5.92 Å². The summed E-state index contributed by atoms with van der Waals surface area (Å²) in [5.41, 5.74) is 3.52. The monoisotopic (exact) mass is 341 g/mol. The van der Waals surface area contributed by atoms with E-state index in [0.717, 1.165) is 0 Å². The molecule has 1 aliphatic carbocycles. The Bertz CT molecular complexity index is 911. The van der Waals surface area contributed by atoms with Crippen LogP contribution in [0.1, 0.15) is 29.7 Å². The summed E-state index contributed by atoms with van der Waals surface area (Å²) >= 11 is 0. The third-order valence-electron chi connectivity index (χ3n) is 6.48. The highest BCUT2D eigenvalue weighted by molar-refractivity contribution is 5.54. The maximum atomic E-state index is 6.68. The largest absolute Gasteiger partial charge is 0.286 e. The summed E-state index contributed by atoms with van der Waals surface area (Å²) < 4.78 is 0. The van der Waals surface area contributed by atoms with Crippen molar-refractivity contribution in [2.75, 3.05) is 7.05 Å². The van der Waals surface area contributed by atoms with Crippen molar-refractivity contribution < 1.29 is 4.84 Å². The first kappa shape index (κ1) is 15.8. The SMILES string of the molecule is C[C@H]1[C@]2(c3ccccc3)[C@H](c3ccccc3)N(C)O[C@]12c1ccccc1. The Balaban J connectivity index is 1.76. The summed E-state index contributed by atoms with van der Waals surface area (Å²) in [7, 11) is 2.08. The standard InChI is InChI=1S/C24H23NO/c1-18-23(20-14-8-4-9-15-20)22(19-12-6-3-7-13-19)25(2)26-24(18,23)21-16-10-5-11-17-21/h3-18,22H,1-2H3/t18-,22-,23-,24-/m0/s1. The zero-order valence-corrected chi connectivity index (χ0v) is 15.2. The van der Waals surface area contributed by atoms with E-state index in [0.29, 0.717) is 5.92 Å². The molecule has 3 aromatic carbocycles. The highest BCUT2D eigenvalue weighted by Gasteiger charge is 2.85. The minimum absolute atomic E-state index is 0.0916. The van der Waals surface area contributed by atoms with Crippen LogP contribution in [0.2, 0.25) is 0 Å². The van der Waals surface area contributed by atoms with Crippen molar-refractivity contribution in [2.24, 2.45) is 5.92 Å². The fourth-order valence-corrected chi connectivity index (χ4v) is 5.49. The number of hydroxylamine groups is 2. The first-order valence-corrected chi connectivity index (χ1v) is 9.31. The zero-order valence-electron chi connectivity index (χ0n) is 15.2. The Kier molecular flexibility index (Phi) is 3.37. The van der Waals surface area contributed by atoms with Crippen molar-refractivity contribution in [3.8, 4) is 0 Å². The molecule has 2 aliphatic rings. The minimum atomic E-state index is -0.315. The lowest BCUT2D eigenvalue weighted by Crippen LogP contribution is -2.29. The molecule has 26 heavy (non-hydrogen) atoms. The van der Waals surface area contributed by atoms with E-state index in [1.807, 2.05) is 0 Å². The second-order valence-electron chi connectivity index (χ2n) is 7.51. The molecule has 0 amide bonds. The molecule has 2 fully saturated rings. The highest BCUT2D eigenvalue weighted by Crippen LogP contribution is 2.80. The van der Waals surface area contributed by atoms with Gasteiger partial charge in [-0.25, -0.2) is 0 Å². The fourth-order valence-electron chi connectivity index (χ4n) is 5.49. The highest BCUT2D eigenvalue weighted by atomic mass is 16.7. The molecule has 2 heteroatoms. The van der Waals surface area contributed by atoms with Gasteiger partial charge in [0.2, 0.25) is 0 Å². The van der Waals surface area contributed by atoms with Gasteiger partial charge >= 0.3 is 0 Å². The van der Waals surface area contributed by atoms with Crippen LogP contribution in [0.25, 0.3) is 0 Å². The average Bonchev–Trinajstić information content (AvgIpc) is 3.09. The van der Waals surface area contributed by atoms with E-state index in [1.165, 1.54) is 16.7 Å². The Morgan fingerprint density at radius 2 is 1.23 bits per heavy atom. The second kappa shape index (κ2) is 5.54. The normalized spacial score (nSPS) is 33.0. The lowest BCUT2D eigenvalue weighted by molar-refractivity contribution is -0.189. The second-order valence-corrected chi connectivity index (χ2v) is 7.51. The van der Waals surface area contributed by atoms with Crippen LogP contribution in [0.15, 0.2) is 91.0 Å². The van der Waals surface area contributed by atoms with Gasteiger partial charge in [0.05, 0.1) is 11.5 Å². The van der Waals surface area contributed by atoms with E-state index in [4.69, 9.17) is 4.84 Å². The quantitative estimate of drug-likeness (QED) is 0.658. The van der Waals surface area contributed by atoms with E-state index in [-0.39, 0.29) is 17.1 Å². The number of likely N-dealkylation sites (N-methyl/N-ethyl adjacent to an activating group) is 1. The molecule has 4 atom stereocenters. The number of hydrogen-bond donors (Lipinski definition) is 0. The maximum Gasteiger partial charge on any atom is 0.130 e. The fraction of sp³-hybridized carbons (Fsp3) is 0.250. The number of hydrogen-bond acceptors (Lipinski definition) is 2. The first-order valence-electron chi connectivity index (χ1n) is 9.31. The summed E-state index contributed by atoms with van der Waals surface area (Å²) in [5, 5.41) is 2.08. The summed E-state index contributed by atoms with van der Waals surface area (Å²) in [6, 6.07) is 32.6. The maximum absolute atomic E-state index is 6.68. The van der Waals surface area contributed by atoms with E-state index >= 15 is 0 Å². The van der Waals surface area contributed by atoms with Crippen LogP contribution in [-0.4, -0.2) is 12.1 Å². The van der Waals surface area contributed by atoms with Gasteiger partial charge in [-0.1, -0.05) is 97.9 Å². The topological polar surface area (TPSA) is 12.5 Å². The van der Waals surface area contributed by atoms with E-state index < -0.39 is 0 Å². The summed E-state index contributed by atoms with van der Waals surface area (Å²) in [4.78, 5) is 6.68. The minimum Gasteiger partial charge on any atom is -0.286 e. The summed E-state index contributed by atoms with van der Waals surface area (Å²) in [5.74, 6) is 0.390. The number of benzene rings is 3.